The van der Waals surface area contributed by atoms with Gasteiger partial charge in [-0.25, -0.2) is 0 Å². The molecule has 0 radical (unpaired) electrons. The summed E-state index contributed by atoms with van der Waals surface area (Å²) in [5, 5.41) is 4.95. The van der Waals surface area contributed by atoms with Gasteiger partial charge in [0.1, 0.15) is 0 Å². The van der Waals surface area contributed by atoms with Crippen molar-refractivity contribution < 1.29 is 0 Å². The van der Waals surface area contributed by atoms with Gasteiger partial charge in [-0.15, -0.1) is 11.3 Å². The van der Waals surface area contributed by atoms with Crippen LogP contribution in [0.5, 0.6) is 0 Å². The van der Waals surface area contributed by atoms with Crippen LogP contribution in [0.4, 0.5) is 17.1 Å². The second kappa shape index (κ2) is 12.0. The SMILES string of the molecule is c1ccc(-c2ccc(-c3ccc(N(c4ccccc4-c4ccccc4)c4cccc5c4sc4c6ccncc6ccc54)cc3)cc2)cc1. The van der Waals surface area contributed by atoms with Crippen molar-refractivity contribution in [1.82, 2.24) is 4.98 Å². The largest absolute Gasteiger partial charge is 0.308 e. The second-order valence-corrected chi connectivity index (χ2v) is 13.0. The van der Waals surface area contributed by atoms with Crippen LogP contribution in [0.1, 0.15) is 0 Å². The van der Waals surface area contributed by atoms with E-state index in [1.54, 1.807) is 0 Å². The lowest BCUT2D eigenvalue weighted by molar-refractivity contribution is 1.30. The highest BCUT2D eigenvalue weighted by atomic mass is 32.1. The molecule has 9 aromatic rings. The number of pyridine rings is 1. The molecular weight excluding hydrogens is 601 g/mol. The first-order valence-corrected chi connectivity index (χ1v) is 17.0. The van der Waals surface area contributed by atoms with E-state index in [2.05, 4.69) is 180 Å². The molecule has 0 spiro atoms. The van der Waals surface area contributed by atoms with Crippen LogP contribution < -0.4 is 4.90 Å². The van der Waals surface area contributed by atoms with Gasteiger partial charge < -0.3 is 4.90 Å². The zero-order valence-electron chi connectivity index (χ0n) is 26.1. The van der Waals surface area contributed by atoms with Crippen LogP contribution in [-0.4, -0.2) is 4.98 Å². The number of nitrogens with zero attached hydrogens (tertiary/aromatic N) is 2. The molecule has 0 amide bonds. The molecule has 226 valence electrons. The summed E-state index contributed by atoms with van der Waals surface area (Å²) in [5.41, 5.74) is 10.6. The van der Waals surface area contributed by atoms with Gasteiger partial charge in [0.15, 0.2) is 0 Å². The molecule has 0 saturated heterocycles. The van der Waals surface area contributed by atoms with E-state index in [1.165, 1.54) is 64.6 Å². The number of aromatic nitrogens is 1. The predicted octanol–water partition coefficient (Wildman–Crippen LogP) is 13.1. The second-order valence-electron chi connectivity index (χ2n) is 12.0. The average Bonchev–Trinajstić information content (AvgIpc) is 3.56. The smallest absolute Gasteiger partial charge is 0.0640 e. The fourth-order valence-corrected chi connectivity index (χ4v) is 8.15. The summed E-state index contributed by atoms with van der Waals surface area (Å²) in [4.78, 5) is 6.82. The van der Waals surface area contributed by atoms with Crippen molar-refractivity contribution in [2.45, 2.75) is 0 Å². The third-order valence-electron chi connectivity index (χ3n) is 9.18. The van der Waals surface area contributed by atoms with Gasteiger partial charge in [0.05, 0.1) is 16.1 Å². The number of hydrogen-bond acceptors (Lipinski definition) is 3. The first kappa shape index (κ1) is 28.2. The van der Waals surface area contributed by atoms with Crippen LogP contribution in [0.2, 0.25) is 0 Å². The third-order valence-corrected chi connectivity index (χ3v) is 10.5. The molecule has 9 rings (SSSR count). The Kier molecular flexibility index (Phi) is 7.03. The van der Waals surface area contributed by atoms with E-state index in [0.29, 0.717) is 0 Å². The lowest BCUT2D eigenvalue weighted by Crippen LogP contribution is -2.11. The lowest BCUT2D eigenvalue weighted by Gasteiger charge is -2.28. The molecule has 0 aliphatic carbocycles. The van der Waals surface area contributed by atoms with E-state index < -0.39 is 0 Å². The Morgan fingerprint density at radius 1 is 0.396 bits per heavy atom. The molecule has 3 heteroatoms. The Hall–Kier alpha value is -6.03. The van der Waals surface area contributed by atoms with Gasteiger partial charge >= 0.3 is 0 Å². The van der Waals surface area contributed by atoms with Gasteiger partial charge in [-0.2, -0.15) is 0 Å². The molecule has 48 heavy (non-hydrogen) atoms. The average molecular weight is 631 g/mol. The van der Waals surface area contributed by atoms with Crippen molar-refractivity contribution in [1.29, 1.82) is 0 Å². The first-order chi connectivity index (χ1) is 23.8. The minimum absolute atomic E-state index is 1.11. The maximum atomic E-state index is 4.38. The molecule has 0 saturated carbocycles. The Morgan fingerprint density at radius 3 is 1.71 bits per heavy atom. The number of benzene rings is 7. The monoisotopic (exact) mass is 630 g/mol. The molecule has 0 unspecified atom stereocenters. The van der Waals surface area contributed by atoms with Crippen LogP contribution in [0.3, 0.4) is 0 Å². The number of anilines is 3. The zero-order valence-corrected chi connectivity index (χ0v) is 26.9. The number of hydrogen-bond donors (Lipinski definition) is 0. The number of fused-ring (bicyclic) bond motifs is 5. The summed E-state index contributed by atoms with van der Waals surface area (Å²) in [7, 11) is 0. The molecule has 0 N–H and O–H groups in total. The Labute approximate surface area is 283 Å². The molecule has 2 nitrogen and oxygen atoms in total. The summed E-state index contributed by atoms with van der Waals surface area (Å²) in [6.45, 7) is 0. The summed E-state index contributed by atoms with van der Waals surface area (Å²) in [6, 6.07) is 61.1. The number of thiophene rings is 1. The maximum Gasteiger partial charge on any atom is 0.0640 e. The summed E-state index contributed by atoms with van der Waals surface area (Å²) < 4.78 is 2.56. The van der Waals surface area contributed by atoms with E-state index in [-0.39, 0.29) is 0 Å². The first-order valence-electron chi connectivity index (χ1n) is 16.2. The molecule has 0 fully saturated rings. The summed E-state index contributed by atoms with van der Waals surface area (Å²) in [5.74, 6) is 0. The van der Waals surface area contributed by atoms with E-state index in [1.807, 2.05) is 23.7 Å². The zero-order chi connectivity index (χ0) is 31.9. The van der Waals surface area contributed by atoms with Crippen LogP contribution in [0.25, 0.3) is 64.3 Å². The fourth-order valence-electron chi connectivity index (χ4n) is 6.81. The highest BCUT2D eigenvalue weighted by Crippen LogP contribution is 2.48. The molecular formula is C45H30N2S. The third kappa shape index (κ3) is 4.93. The van der Waals surface area contributed by atoms with Gasteiger partial charge in [0, 0.05) is 49.9 Å². The molecule has 0 bridgehead atoms. The van der Waals surface area contributed by atoms with Crippen LogP contribution in [0.15, 0.2) is 182 Å². The summed E-state index contributed by atoms with van der Waals surface area (Å²) in [6.07, 6.45) is 3.85. The van der Waals surface area contributed by atoms with Gasteiger partial charge in [-0.3, -0.25) is 4.98 Å². The molecule has 7 aromatic carbocycles. The fraction of sp³-hybridized carbons (Fsp3) is 0. The minimum atomic E-state index is 1.11. The van der Waals surface area contributed by atoms with E-state index in [4.69, 9.17) is 0 Å². The van der Waals surface area contributed by atoms with Crippen LogP contribution in [-0.2, 0) is 0 Å². The van der Waals surface area contributed by atoms with E-state index in [0.717, 1.165) is 16.8 Å². The van der Waals surface area contributed by atoms with Crippen molar-refractivity contribution in [2.75, 3.05) is 4.90 Å². The van der Waals surface area contributed by atoms with Crippen molar-refractivity contribution in [3.63, 3.8) is 0 Å². The van der Waals surface area contributed by atoms with E-state index >= 15 is 0 Å². The highest BCUT2D eigenvalue weighted by Gasteiger charge is 2.21. The quantitative estimate of drug-likeness (QED) is 0.182. The summed E-state index contributed by atoms with van der Waals surface area (Å²) >= 11 is 1.87. The topological polar surface area (TPSA) is 16.1 Å². The van der Waals surface area contributed by atoms with Gasteiger partial charge in [-0.1, -0.05) is 140 Å². The van der Waals surface area contributed by atoms with Crippen LogP contribution >= 0.6 is 11.3 Å². The van der Waals surface area contributed by atoms with Crippen molar-refractivity contribution in [2.24, 2.45) is 0 Å². The molecule has 2 heterocycles. The molecule has 0 aliphatic rings. The predicted molar refractivity (Wildman–Crippen MR) is 206 cm³/mol. The standard InChI is InChI=1S/C45H30N2S/c1-3-10-31(11-4-1)32-18-20-33(21-19-32)34-22-25-37(26-23-34)47(42-16-8-7-14-38(42)35-12-5-2-6-13-35)43-17-9-15-40-41-27-24-36-30-46-29-28-39(36)44(41)48-45(40)43/h1-30H. The molecule has 0 aliphatic heterocycles. The lowest BCUT2D eigenvalue weighted by atomic mass is 9.99. The van der Waals surface area contributed by atoms with Gasteiger partial charge in [0.2, 0.25) is 0 Å². The number of rotatable bonds is 6. The maximum absolute atomic E-state index is 4.38. The minimum Gasteiger partial charge on any atom is -0.308 e. The van der Waals surface area contributed by atoms with Crippen LogP contribution in [0, 0.1) is 0 Å². The van der Waals surface area contributed by atoms with Crippen molar-refractivity contribution >= 4 is 59.3 Å². The Balaban J connectivity index is 1.21. The normalized spacial score (nSPS) is 11.3. The van der Waals surface area contributed by atoms with E-state index in [9.17, 15) is 0 Å². The van der Waals surface area contributed by atoms with Crippen molar-refractivity contribution in [3.8, 4) is 33.4 Å². The number of para-hydroxylation sites is 1. The molecule has 0 atom stereocenters. The highest BCUT2D eigenvalue weighted by molar-refractivity contribution is 7.27. The Morgan fingerprint density at radius 2 is 0.979 bits per heavy atom. The van der Waals surface area contributed by atoms with Crippen molar-refractivity contribution in [3.05, 3.63) is 182 Å². The van der Waals surface area contributed by atoms with Gasteiger partial charge in [-0.05, 0) is 58.1 Å². The molecule has 2 aromatic heterocycles. The Bertz CT molecular complexity index is 2540. The van der Waals surface area contributed by atoms with Gasteiger partial charge in [0.25, 0.3) is 0 Å².